The molecule has 26 heavy (non-hydrogen) atoms. The number of rotatable bonds is 13. The summed E-state index contributed by atoms with van der Waals surface area (Å²) in [5.41, 5.74) is 7.70. The third-order valence-electron chi connectivity index (χ3n) is 5.03. The van der Waals surface area contributed by atoms with Gasteiger partial charge in [0.1, 0.15) is 11.5 Å². The number of nitrogens with zero attached hydrogens (tertiary/aromatic N) is 3. The van der Waals surface area contributed by atoms with Crippen LogP contribution in [0, 0.1) is 0 Å². The van der Waals surface area contributed by atoms with E-state index in [0.29, 0.717) is 11.4 Å². The number of likely N-dealkylation sites (N-methyl/N-ethyl adjacent to an activating group) is 2. The minimum Gasteiger partial charge on any atom is -0.495 e. The second-order valence-electron chi connectivity index (χ2n) is 6.31. The van der Waals surface area contributed by atoms with Gasteiger partial charge in [0.05, 0.1) is 25.6 Å². The lowest BCUT2D eigenvalue weighted by Gasteiger charge is -2.31. The highest BCUT2D eigenvalue weighted by Crippen LogP contribution is 2.36. The molecule has 0 heterocycles. The zero-order valence-corrected chi connectivity index (χ0v) is 17.5. The van der Waals surface area contributed by atoms with E-state index < -0.39 is 0 Å². The van der Waals surface area contributed by atoms with Gasteiger partial charge in [-0.15, -0.1) is 0 Å². The van der Waals surface area contributed by atoms with Crippen molar-refractivity contribution in [2.75, 3.05) is 77.2 Å². The zero-order chi connectivity index (χ0) is 19.5. The molecule has 6 heteroatoms. The summed E-state index contributed by atoms with van der Waals surface area (Å²) in [6.45, 7) is 17.0. The van der Waals surface area contributed by atoms with Crippen LogP contribution in [-0.4, -0.2) is 76.4 Å². The maximum Gasteiger partial charge on any atom is 0.144 e. The quantitative estimate of drug-likeness (QED) is 0.542. The van der Waals surface area contributed by atoms with E-state index >= 15 is 0 Å². The number of ether oxygens (including phenoxy) is 2. The van der Waals surface area contributed by atoms with E-state index in [2.05, 4.69) is 42.4 Å². The zero-order valence-electron chi connectivity index (χ0n) is 17.5. The van der Waals surface area contributed by atoms with Crippen LogP contribution in [0.25, 0.3) is 0 Å². The third-order valence-corrected chi connectivity index (χ3v) is 5.03. The molecule has 0 saturated carbocycles. The number of anilines is 2. The van der Waals surface area contributed by atoms with E-state index in [9.17, 15) is 0 Å². The average Bonchev–Trinajstić information content (AvgIpc) is 2.67. The van der Waals surface area contributed by atoms with Gasteiger partial charge in [-0.2, -0.15) is 0 Å². The van der Waals surface area contributed by atoms with Crippen LogP contribution in [0.3, 0.4) is 0 Å². The SMILES string of the molecule is CCN(CC)CCN(CCN(CC)CC)c1cc(OC)c(N)cc1OC. The number of nitrogen functional groups attached to an aromatic ring is 1. The molecule has 0 radical (unpaired) electrons. The summed E-state index contributed by atoms with van der Waals surface area (Å²) in [6.07, 6.45) is 0. The summed E-state index contributed by atoms with van der Waals surface area (Å²) < 4.78 is 11.1. The van der Waals surface area contributed by atoms with Gasteiger partial charge in [-0.25, -0.2) is 0 Å². The standard InChI is InChI=1S/C20H38N4O2/c1-7-22(8-2)11-13-24(14-12-23(9-3)10-4)18-16-19(25-5)17(21)15-20(18)26-6/h15-16H,7-14,21H2,1-6H3. The molecule has 0 aromatic heterocycles. The number of nitrogens with two attached hydrogens (primary N) is 1. The molecule has 2 N–H and O–H groups in total. The highest BCUT2D eigenvalue weighted by molar-refractivity contribution is 5.70. The molecule has 0 unspecified atom stereocenters. The van der Waals surface area contributed by atoms with Gasteiger partial charge in [0.25, 0.3) is 0 Å². The molecular weight excluding hydrogens is 328 g/mol. The van der Waals surface area contributed by atoms with Crippen LogP contribution >= 0.6 is 0 Å². The van der Waals surface area contributed by atoms with Crippen LogP contribution in [0.1, 0.15) is 27.7 Å². The van der Waals surface area contributed by atoms with Crippen LogP contribution in [-0.2, 0) is 0 Å². The number of hydrogen-bond donors (Lipinski definition) is 1. The monoisotopic (exact) mass is 366 g/mol. The number of hydrogen-bond acceptors (Lipinski definition) is 6. The summed E-state index contributed by atoms with van der Waals surface area (Å²) in [5, 5.41) is 0. The maximum absolute atomic E-state index is 6.07. The molecule has 0 atom stereocenters. The van der Waals surface area contributed by atoms with Gasteiger partial charge in [-0.3, -0.25) is 0 Å². The molecule has 150 valence electrons. The molecule has 0 fully saturated rings. The van der Waals surface area contributed by atoms with Crippen LogP contribution < -0.4 is 20.1 Å². The summed E-state index contributed by atoms with van der Waals surface area (Å²) >= 11 is 0. The lowest BCUT2D eigenvalue weighted by molar-refractivity contribution is 0.293. The van der Waals surface area contributed by atoms with Gasteiger partial charge in [-0.1, -0.05) is 27.7 Å². The Balaban J connectivity index is 3.08. The smallest absolute Gasteiger partial charge is 0.144 e. The first-order valence-electron chi connectivity index (χ1n) is 9.75. The molecule has 0 aliphatic heterocycles. The van der Waals surface area contributed by atoms with Crippen molar-refractivity contribution in [3.05, 3.63) is 12.1 Å². The van der Waals surface area contributed by atoms with Gasteiger partial charge < -0.3 is 29.9 Å². The van der Waals surface area contributed by atoms with Gasteiger partial charge in [0.2, 0.25) is 0 Å². The largest absolute Gasteiger partial charge is 0.495 e. The molecule has 0 bridgehead atoms. The van der Waals surface area contributed by atoms with Gasteiger partial charge in [0.15, 0.2) is 0 Å². The predicted octanol–water partition coefficient (Wildman–Crippen LogP) is 2.78. The van der Waals surface area contributed by atoms with Gasteiger partial charge >= 0.3 is 0 Å². The summed E-state index contributed by atoms with van der Waals surface area (Å²) in [6, 6.07) is 3.86. The van der Waals surface area contributed by atoms with Crippen molar-refractivity contribution in [1.82, 2.24) is 9.80 Å². The van der Waals surface area contributed by atoms with Crippen LogP contribution in [0.2, 0.25) is 0 Å². The first-order chi connectivity index (χ1) is 12.5. The molecule has 1 rings (SSSR count). The van der Waals surface area contributed by atoms with E-state index in [0.717, 1.165) is 63.8 Å². The molecule has 1 aromatic carbocycles. The van der Waals surface area contributed by atoms with E-state index in [1.165, 1.54) is 0 Å². The second-order valence-corrected chi connectivity index (χ2v) is 6.31. The van der Waals surface area contributed by atoms with Crippen molar-refractivity contribution in [3.63, 3.8) is 0 Å². The summed E-state index contributed by atoms with van der Waals surface area (Å²) in [4.78, 5) is 7.26. The molecule has 6 nitrogen and oxygen atoms in total. The van der Waals surface area contributed by atoms with E-state index in [-0.39, 0.29) is 0 Å². The molecule has 1 aromatic rings. The third kappa shape index (κ3) is 6.25. The molecule has 0 saturated heterocycles. The van der Waals surface area contributed by atoms with Gasteiger partial charge in [-0.05, 0) is 26.2 Å². The lowest BCUT2D eigenvalue weighted by atomic mass is 10.2. The topological polar surface area (TPSA) is 54.2 Å². The Bertz CT molecular complexity index is 501. The fourth-order valence-electron chi connectivity index (χ4n) is 3.11. The fourth-order valence-corrected chi connectivity index (χ4v) is 3.11. The number of methoxy groups -OCH3 is 2. The van der Waals surface area contributed by atoms with E-state index in [1.807, 2.05) is 12.1 Å². The Hall–Kier alpha value is -1.66. The molecule has 0 aliphatic carbocycles. The Labute approximate surface area is 159 Å². The molecular formula is C20H38N4O2. The maximum atomic E-state index is 6.07. The summed E-state index contributed by atoms with van der Waals surface area (Å²) in [7, 11) is 3.34. The number of benzene rings is 1. The highest BCUT2D eigenvalue weighted by atomic mass is 16.5. The van der Waals surface area contributed by atoms with Crippen LogP contribution in [0.5, 0.6) is 11.5 Å². The van der Waals surface area contributed by atoms with Crippen molar-refractivity contribution in [2.24, 2.45) is 0 Å². The van der Waals surface area contributed by atoms with Crippen molar-refractivity contribution < 1.29 is 9.47 Å². The first kappa shape index (κ1) is 22.4. The lowest BCUT2D eigenvalue weighted by Crippen LogP contribution is -2.40. The predicted molar refractivity (Wildman–Crippen MR) is 112 cm³/mol. The molecule has 0 aliphatic rings. The van der Waals surface area contributed by atoms with Crippen molar-refractivity contribution in [2.45, 2.75) is 27.7 Å². The van der Waals surface area contributed by atoms with Crippen molar-refractivity contribution in [1.29, 1.82) is 0 Å². The Kier molecular flexibility index (Phi) is 10.2. The highest BCUT2D eigenvalue weighted by Gasteiger charge is 2.17. The first-order valence-corrected chi connectivity index (χ1v) is 9.75. The van der Waals surface area contributed by atoms with Gasteiger partial charge in [0, 0.05) is 38.3 Å². The Morgan fingerprint density at radius 3 is 1.58 bits per heavy atom. The minimum atomic E-state index is 0.598. The normalized spacial score (nSPS) is 11.2. The minimum absolute atomic E-state index is 0.598. The van der Waals surface area contributed by atoms with Crippen LogP contribution in [0.15, 0.2) is 12.1 Å². The summed E-state index contributed by atoms with van der Waals surface area (Å²) in [5.74, 6) is 1.49. The van der Waals surface area contributed by atoms with Crippen molar-refractivity contribution in [3.8, 4) is 11.5 Å². The average molecular weight is 367 g/mol. The Morgan fingerprint density at radius 1 is 0.731 bits per heavy atom. The van der Waals surface area contributed by atoms with E-state index in [4.69, 9.17) is 15.2 Å². The molecule has 0 spiro atoms. The second kappa shape index (κ2) is 11.9. The van der Waals surface area contributed by atoms with E-state index in [1.54, 1.807) is 14.2 Å². The Morgan fingerprint density at radius 2 is 1.19 bits per heavy atom. The molecule has 0 amide bonds. The van der Waals surface area contributed by atoms with Crippen LogP contribution in [0.4, 0.5) is 11.4 Å². The fraction of sp³-hybridized carbons (Fsp3) is 0.700. The van der Waals surface area contributed by atoms with Crippen molar-refractivity contribution >= 4 is 11.4 Å².